The molecule has 0 radical (unpaired) electrons. The van der Waals surface area contributed by atoms with Crippen LogP contribution in [0.1, 0.15) is 11.1 Å². The first-order valence-electron chi connectivity index (χ1n) is 6.94. The molecule has 0 unspecified atom stereocenters. The quantitative estimate of drug-likeness (QED) is 0.694. The van der Waals surface area contributed by atoms with Gasteiger partial charge in [-0.3, -0.25) is 4.40 Å². The Labute approximate surface area is 132 Å². The molecule has 110 valence electrons. The lowest BCUT2D eigenvalue weighted by Crippen LogP contribution is -2.19. The van der Waals surface area contributed by atoms with Crippen molar-refractivity contribution in [2.75, 3.05) is 5.75 Å². The molecule has 0 saturated heterocycles. The summed E-state index contributed by atoms with van der Waals surface area (Å²) in [5.74, 6) is 0.719. The summed E-state index contributed by atoms with van der Waals surface area (Å²) in [4.78, 5) is 20.4. The Morgan fingerprint density at radius 1 is 1.18 bits per heavy atom. The smallest absolute Gasteiger partial charge is 0.251 e. The molecule has 0 aliphatic carbocycles. The van der Waals surface area contributed by atoms with Crippen LogP contribution in [0.4, 0.5) is 0 Å². The van der Waals surface area contributed by atoms with Crippen molar-refractivity contribution < 1.29 is 0 Å². The fourth-order valence-electron chi connectivity index (χ4n) is 2.03. The van der Waals surface area contributed by atoms with E-state index in [0.717, 1.165) is 16.9 Å². The van der Waals surface area contributed by atoms with Gasteiger partial charge in [0.1, 0.15) is 5.65 Å². The number of thioether (sulfide) groups is 1. The molecule has 0 fully saturated rings. The first-order valence-corrected chi connectivity index (χ1v) is 7.92. The number of hydrogen-bond donors (Lipinski definition) is 0. The summed E-state index contributed by atoms with van der Waals surface area (Å²) < 4.78 is 1.46. The van der Waals surface area contributed by atoms with Crippen LogP contribution in [0.2, 0.25) is 0 Å². The lowest BCUT2D eigenvalue weighted by Gasteiger charge is -2.02. The summed E-state index contributed by atoms with van der Waals surface area (Å²) >= 11 is 1.45. The van der Waals surface area contributed by atoms with E-state index in [1.54, 1.807) is 6.20 Å². The van der Waals surface area contributed by atoms with Crippen LogP contribution in [0.3, 0.4) is 0 Å². The normalized spacial score (nSPS) is 11.3. The second-order valence-corrected chi connectivity index (χ2v) is 5.83. The number of aromatic nitrogens is 3. The van der Waals surface area contributed by atoms with Crippen LogP contribution in [-0.2, 0) is 0 Å². The molecule has 0 amide bonds. The van der Waals surface area contributed by atoms with E-state index in [1.807, 2.05) is 61.5 Å². The van der Waals surface area contributed by atoms with Crippen molar-refractivity contribution in [3.05, 3.63) is 76.3 Å². The van der Waals surface area contributed by atoms with Crippen molar-refractivity contribution in [1.29, 1.82) is 0 Å². The van der Waals surface area contributed by atoms with E-state index in [0.29, 0.717) is 10.8 Å². The third-order valence-electron chi connectivity index (χ3n) is 3.12. The maximum Gasteiger partial charge on any atom is 0.355 e. The fourth-order valence-corrected chi connectivity index (χ4v) is 2.67. The van der Waals surface area contributed by atoms with Gasteiger partial charge in [-0.25, -0.2) is 9.78 Å². The van der Waals surface area contributed by atoms with E-state index in [9.17, 15) is 4.79 Å². The fraction of sp³-hybridized carbons (Fsp3) is 0.118. The van der Waals surface area contributed by atoms with Crippen LogP contribution in [-0.4, -0.2) is 20.1 Å². The van der Waals surface area contributed by atoms with Gasteiger partial charge in [0.05, 0.1) is 0 Å². The summed E-state index contributed by atoms with van der Waals surface area (Å²) in [6.07, 6.45) is 5.79. The highest BCUT2D eigenvalue weighted by Crippen LogP contribution is 2.13. The minimum absolute atomic E-state index is 0.292. The Morgan fingerprint density at radius 3 is 2.82 bits per heavy atom. The molecule has 0 N–H and O–H groups in total. The van der Waals surface area contributed by atoms with Gasteiger partial charge in [0.25, 0.3) is 0 Å². The highest BCUT2D eigenvalue weighted by molar-refractivity contribution is 7.99. The molecule has 0 aliphatic rings. The van der Waals surface area contributed by atoms with Gasteiger partial charge in [0, 0.05) is 11.9 Å². The van der Waals surface area contributed by atoms with E-state index in [4.69, 9.17) is 0 Å². The largest absolute Gasteiger partial charge is 0.355 e. The molecule has 0 bridgehead atoms. The van der Waals surface area contributed by atoms with Gasteiger partial charge in [0.15, 0.2) is 5.16 Å². The molecule has 3 aromatic rings. The van der Waals surface area contributed by atoms with Crippen molar-refractivity contribution in [2.45, 2.75) is 12.1 Å². The minimum atomic E-state index is -0.292. The second-order valence-electron chi connectivity index (χ2n) is 4.85. The number of hydrogen-bond acceptors (Lipinski definition) is 4. The highest BCUT2D eigenvalue weighted by Gasteiger charge is 2.03. The summed E-state index contributed by atoms with van der Waals surface area (Å²) in [5, 5.41) is 0.508. The number of nitrogens with zero attached hydrogens (tertiary/aromatic N) is 3. The van der Waals surface area contributed by atoms with E-state index in [-0.39, 0.29) is 5.69 Å². The second kappa shape index (κ2) is 6.58. The van der Waals surface area contributed by atoms with Gasteiger partial charge in [-0.15, -0.1) is 0 Å². The van der Waals surface area contributed by atoms with Crippen LogP contribution in [0.15, 0.2) is 64.7 Å². The first kappa shape index (κ1) is 14.5. The SMILES string of the molecule is Cc1ccn2c(=O)nc(SC/C=C/c3ccccc3)nc2c1. The third kappa shape index (κ3) is 3.43. The average Bonchev–Trinajstić information content (AvgIpc) is 2.52. The molecule has 3 rings (SSSR count). The molecule has 5 heteroatoms. The van der Waals surface area contributed by atoms with Crippen LogP contribution >= 0.6 is 11.8 Å². The Bertz CT molecular complexity index is 872. The summed E-state index contributed by atoms with van der Waals surface area (Å²) in [6, 6.07) is 13.8. The van der Waals surface area contributed by atoms with E-state index in [1.165, 1.54) is 16.2 Å². The third-order valence-corrected chi connectivity index (χ3v) is 3.92. The Morgan fingerprint density at radius 2 is 2.00 bits per heavy atom. The lowest BCUT2D eigenvalue weighted by molar-refractivity contribution is 0.846. The number of rotatable bonds is 4. The van der Waals surface area contributed by atoms with Crippen molar-refractivity contribution in [2.24, 2.45) is 0 Å². The van der Waals surface area contributed by atoms with Crippen LogP contribution < -0.4 is 5.69 Å². The number of benzene rings is 1. The maximum absolute atomic E-state index is 11.9. The van der Waals surface area contributed by atoms with Gasteiger partial charge in [-0.1, -0.05) is 54.2 Å². The predicted molar refractivity (Wildman–Crippen MR) is 90.2 cm³/mol. The Hall–Kier alpha value is -2.40. The van der Waals surface area contributed by atoms with Crippen LogP contribution in [0.25, 0.3) is 11.7 Å². The number of aryl methyl sites for hydroxylation is 1. The molecule has 0 saturated carbocycles. The van der Waals surface area contributed by atoms with Gasteiger partial charge in [0.2, 0.25) is 0 Å². The lowest BCUT2D eigenvalue weighted by atomic mass is 10.2. The van der Waals surface area contributed by atoms with Crippen molar-refractivity contribution >= 4 is 23.5 Å². The topological polar surface area (TPSA) is 47.3 Å². The zero-order chi connectivity index (χ0) is 15.4. The monoisotopic (exact) mass is 309 g/mol. The van der Waals surface area contributed by atoms with Crippen molar-refractivity contribution in [1.82, 2.24) is 14.4 Å². The summed E-state index contributed by atoms with van der Waals surface area (Å²) in [5.41, 5.74) is 2.56. The van der Waals surface area contributed by atoms with Gasteiger partial charge < -0.3 is 0 Å². The van der Waals surface area contributed by atoms with Crippen LogP contribution in [0.5, 0.6) is 0 Å². The Kier molecular flexibility index (Phi) is 4.34. The zero-order valence-electron chi connectivity index (χ0n) is 12.1. The molecule has 0 aliphatic heterocycles. The zero-order valence-corrected chi connectivity index (χ0v) is 13.0. The first-order chi connectivity index (χ1) is 10.7. The average molecular weight is 309 g/mol. The van der Waals surface area contributed by atoms with E-state index >= 15 is 0 Å². The molecule has 4 nitrogen and oxygen atoms in total. The molecule has 0 atom stereocenters. The van der Waals surface area contributed by atoms with Gasteiger partial charge in [-0.2, -0.15) is 4.98 Å². The molecular weight excluding hydrogens is 294 g/mol. The van der Waals surface area contributed by atoms with Crippen molar-refractivity contribution in [3.8, 4) is 0 Å². The Balaban J connectivity index is 1.74. The standard InChI is InChI=1S/C17H15N3OS/c1-13-9-10-20-15(12-13)18-16(19-17(20)21)22-11-5-8-14-6-3-2-4-7-14/h2-10,12H,11H2,1H3/b8-5+. The van der Waals surface area contributed by atoms with Crippen molar-refractivity contribution in [3.63, 3.8) is 0 Å². The predicted octanol–water partition coefficient (Wildman–Crippen LogP) is 3.20. The van der Waals surface area contributed by atoms with Crippen LogP contribution in [0, 0.1) is 6.92 Å². The number of fused-ring (bicyclic) bond motifs is 1. The van der Waals surface area contributed by atoms with Gasteiger partial charge in [-0.05, 0) is 30.2 Å². The molecule has 2 aromatic heterocycles. The minimum Gasteiger partial charge on any atom is -0.251 e. The summed E-state index contributed by atoms with van der Waals surface area (Å²) in [6.45, 7) is 1.97. The molecule has 22 heavy (non-hydrogen) atoms. The number of pyridine rings is 1. The highest BCUT2D eigenvalue weighted by atomic mass is 32.2. The summed E-state index contributed by atoms with van der Waals surface area (Å²) in [7, 11) is 0. The maximum atomic E-state index is 11.9. The van der Waals surface area contributed by atoms with E-state index < -0.39 is 0 Å². The molecule has 1 aromatic carbocycles. The molecule has 0 spiro atoms. The molecular formula is C17H15N3OS. The van der Waals surface area contributed by atoms with E-state index in [2.05, 4.69) is 9.97 Å². The van der Waals surface area contributed by atoms with Gasteiger partial charge >= 0.3 is 5.69 Å². The molecule has 2 heterocycles.